The van der Waals surface area contributed by atoms with Gasteiger partial charge in [-0.1, -0.05) is 6.07 Å². The molecule has 22 heavy (non-hydrogen) atoms. The molecule has 2 N–H and O–H groups in total. The van der Waals surface area contributed by atoms with Crippen molar-refractivity contribution in [3.8, 4) is 11.5 Å². The smallest absolute Gasteiger partial charge is 0.254 e. The van der Waals surface area contributed by atoms with Crippen LogP contribution in [0.2, 0.25) is 0 Å². The summed E-state index contributed by atoms with van der Waals surface area (Å²) in [5, 5.41) is 10.1. The van der Waals surface area contributed by atoms with Crippen LogP contribution in [0, 0.1) is 6.92 Å². The number of fused-ring (bicyclic) bond motifs is 1. The van der Waals surface area contributed by atoms with Crippen LogP contribution in [-0.4, -0.2) is 33.6 Å². The summed E-state index contributed by atoms with van der Waals surface area (Å²) >= 11 is 0. The molecule has 0 saturated carbocycles. The summed E-state index contributed by atoms with van der Waals surface area (Å²) in [5.74, 6) is 1.49. The Balaban J connectivity index is 1.79. The molecule has 0 amide bonds. The van der Waals surface area contributed by atoms with Gasteiger partial charge in [-0.2, -0.15) is 0 Å². The highest BCUT2D eigenvalue weighted by Crippen LogP contribution is 2.26. The first-order valence-electron chi connectivity index (χ1n) is 7.23. The van der Waals surface area contributed by atoms with Gasteiger partial charge in [-0.15, -0.1) is 0 Å². The number of phenolic OH excluding ortho intramolecular Hbond substituents is 1. The van der Waals surface area contributed by atoms with E-state index in [1.165, 1.54) is 0 Å². The molecule has 6 nitrogen and oxygen atoms in total. The Hall–Kier alpha value is -2.34. The summed E-state index contributed by atoms with van der Waals surface area (Å²) in [6, 6.07) is 5.31. The van der Waals surface area contributed by atoms with Crippen LogP contribution in [0.25, 0.3) is 0 Å². The van der Waals surface area contributed by atoms with E-state index < -0.39 is 0 Å². The largest absolute Gasteiger partial charge is 0.507 e. The molecule has 0 bridgehead atoms. The Morgan fingerprint density at radius 2 is 2.27 bits per heavy atom. The van der Waals surface area contributed by atoms with Crippen LogP contribution in [-0.2, 0) is 19.5 Å². The lowest BCUT2D eigenvalue weighted by molar-refractivity contribution is 0.237. The van der Waals surface area contributed by atoms with Gasteiger partial charge in [-0.25, -0.2) is 4.98 Å². The van der Waals surface area contributed by atoms with E-state index in [1.54, 1.807) is 20.1 Å². The number of methoxy groups -OCH3 is 1. The van der Waals surface area contributed by atoms with Crippen LogP contribution in [0.4, 0.5) is 0 Å². The van der Waals surface area contributed by atoms with Gasteiger partial charge in [0.15, 0.2) is 0 Å². The van der Waals surface area contributed by atoms with Crippen LogP contribution in [0.5, 0.6) is 11.5 Å². The molecule has 0 atom stereocenters. The minimum atomic E-state index is -0.0329. The Labute approximate surface area is 128 Å². The monoisotopic (exact) mass is 301 g/mol. The van der Waals surface area contributed by atoms with Gasteiger partial charge < -0.3 is 14.8 Å². The summed E-state index contributed by atoms with van der Waals surface area (Å²) in [5.41, 5.74) is 2.42. The third-order valence-corrected chi connectivity index (χ3v) is 3.96. The van der Waals surface area contributed by atoms with E-state index in [9.17, 15) is 9.90 Å². The lowest BCUT2D eigenvalue weighted by atomic mass is 10.1. The van der Waals surface area contributed by atoms with E-state index in [1.807, 2.05) is 12.1 Å². The van der Waals surface area contributed by atoms with Crippen molar-refractivity contribution < 1.29 is 9.84 Å². The number of aromatic hydroxyl groups is 1. The van der Waals surface area contributed by atoms with Crippen molar-refractivity contribution in [3.63, 3.8) is 0 Å². The highest BCUT2D eigenvalue weighted by molar-refractivity contribution is 5.39. The number of H-pyrrole nitrogens is 1. The van der Waals surface area contributed by atoms with Crippen molar-refractivity contribution in [3.05, 3.63) is 51.2 Å². The van der Waals surface area contributed by atoms with E-state index in [0.717, 1.165) is 23.4 Å². The molecule has 0 fully saturated rings. The predicted molar refractivity (Wildman–Crippen MR) is 82.1 cm³/mol. The Bertz CT molecular complexity index is 755. The standard InChI is InChI=1S/C16H19N3O3/c1-10-17-14-9-19(6-5-13(14)16(21)18-10)8-11-3-4-12(22-2)7-15(11)20/h3-4,7,20H,5-6,8-9H2,1-2H3,(H,17,18,21). The molecule has 0 spiro atoms. The lowest BCUT2D eigenvalue weighted by Crippen LogP contribution is -2.35. The molecule has 1 aromatic heterocycles. The van der Waals surface area contributed by atoms with E-state index >= 15 is 0 Å². The number of nitrogens with zero attached hydrogens (tertiary/aromatic N) is 2. The number of aromatic nitrogens is 2. The zero-order valence-corrected chi connectivity index (χ0v) is 12.7. The minimum Gasteiger partial charge on any atom is -0.507 e. The molecule has 3 rings (SSSR count). The predicted octanol–water partition coefficient (Wildman–Crippen LogP) is 1.35. The van der Waals surface area contributed by atoms with Crippen molar-refractivity contribution in [1.82, 2.24) is 14.9 Å². The Morgan fingerprint density at radius 1 is 1.45 bits per heavy atom. The fourth-order valence-electron chi connectivity index (χ4n) is 2.80. The van der Waals surface area contributed by atoms with E-state index in [2.05, 4.69) is 14.9 Å². The number of nitrogens with one attached hydrogen (secondary N) is 1. The number of hydrogen-bond donors (Lipinski definition) is 2. The zero-order chi connectivity index (χ0) is 15.7. The van der Waals surface area contributed by atoms with Gasteiger partial charge in [0.2, 0.25) is 0 Å². The molecular formula is C16H19N3O3. The summed E-state index contributed by atoms with van der Waals surface area (Å²) in [6.45, 7) is 3.79. The normalized spacial score (nSPS) is 14.6. The molecule has 1 aliphatic rings. The molecule has 6 heteroatoms. The SMILES string of the molecule is COc1ccc(CN2CCc3c(nc(C)[nH]c3=O)C2)c(O)c1. The molecule has 0 unspecified atom stereocenters. The lowest BCUT2D eigenvalue weighted by Gasteiger charge is -2.27. The van der Waals surface area contributed by atoms with Gasteiger partial charge in [0, 0.05) is 36.8 Å². The number of aromatic amines is 1. The van der Waals surface area contributed by atoms with Crippen molar-refractivity contribution in [2.24, 2.45) is 0 Å². The van der Waals surface area contributed by atoms with Crippen molar-refractivity contribution in [2.75, 3.05) is 13.7 Å². The number of phenols is 1. The molecule has 2 heterocycles. The van der Waals surface area contributed by atoms with Crippen LogP contribution in [0.15, 0.2) is 23.0 Å². The molecular weight excluding hydrogens is 282 g/mol. The van der Waals surface area contributed by atoms with Crippen molar-refractivity contribution in [2.45, 2.75) is 26.4 Å². The number of benzene rings is 1. The van der Waals surface area contributed by atoms with E-state index in [4.69, 9.17) is 4.74 Å². The van der Waals surface area contributed by atoms with Gasteiger partial charge in [-0.05, 0) is 19.4 Å². The molecule has 0 saturated heterocycles. The fourth-order valence-corrected chi connectivity index (χ4v) is 2.80. The second kappa shape index (κ2) is 5.81. The minimum absolute atomic E-state index is 0.0329. The number of rotatable bonds is 3. The van der Waals surface area contributed by atoms with Gasteiger partial charge in [0.1, 0.15) is 17.3 Å². The van der Waals surface area contributed by atoms with E-state index in [-0.39, 0.29) is 11.3 Å². The zero-order valence-electron chi connectivity index (χ0n) is 12.7. The summed E-state index contributed by atoms with van der Waals surface area (Å²) in [7, 11) is 1.57. The second-order valence-corrected chi connectivity index (χ2v) is 5.53. The average molecular weight is 301 g/mol. The first-order chi connectivity index (χ1) is 10.6. The molecule has 1 aliphatic heterocycles. The van der Waals surface area contributed by atoms with Gasteiger partial charge in [-0.3, -0.25) is 9.69 Å². The Morgan fingerprint density at radius 3 is 3.00 bits per heavy atom. The maximum Gasteiger partial charge on any atom is 0.254 e. The van der Waals surface area contributed by atoms with Crippen molar-refractivity contribution in [1.29, 1.82) is 0 Å². The third-order valence-electron chi connectivity index (χ3n) is 3.96. The second-order valence-electron chi connectivity index (χ2n) is 5.53. The third kappa shape index (κ3) is 2.82. The topological polar surface area (TPSA) is 78.5 Å². The maximum atomic E-state index is 11.9. The first-order valence-corrected chi connectivity index (χ1v) is 7.23. The first kappa shape index (κ1) is 14.6. The van der Waals surface area contributed by atoms with Crippen LogP contribution in [0.3, 0.4) is 0 Å². The molecule has 0 radical (unpaired) electrons. The molecule has 2 aromatic rings. The highest BCUT2D eigenvalue weighted by Gasteiger charge is 2.21. The van der Waals surface area contributed by atoms with E-state index in [0.29, 0.717) is 31.1 Å². The van der Waals surface area contributed by atoms with Gasteiger partial charge in [0.25, 0.3) is 5.56 Å². The van der Waals surface area contributed by atoms with Crippen LogP contribution in [0.1, 0.15) is 22.6 Å². The number of ether oxygens (including phenoxy) is 1. The Kier molecular flexibility index (Phi) is 3.85. The van der Waals surface area contributed by atoms with Crippen LogP contribution < -0.4 is 10.3 Å². The maximum absolute atomic E-state index is 11.9. The van der Waals surface area contributed by atoms with Crippen LogP contribution >= 0.6 is 0 Å². The summed E-state index contributed by atoms with van der Waals surface area (Å²) < 4.78 is 5.09. The molecule has 0 aliphatic carbocycles. The number of aryl methyl sites for hydroxylation is 1. The van der Waals surface area contributed by atoms with Gasteiger partial charge in [0.05, 0.1) is 12.8 Å². The summed E-state index contributed by atoms with van der Waals surface area (Å²) in [6.07, 6.45) is 0.675. The quantitative estimate of drug-likeness (QED) is 0.895. The fraction of sp³-hybridized carbons (Fsp3) is 0.375. The molecule has 1 aromatic carbocycles. The highest BCUT2D eigenvalue weighted by atomic mass is 16.5. The average Bonchev–Trinajstić information content (AvgIpc) is 2.48. The summed E-state index contributed by atoms with van der Waals surface area (Å²) in [4.78, 5) is 21.3. The van der Waals surface area contributed by atoms with Crippen molar-refractivity contribution >= 4 is 0 Å². The van der Waals surface area contributed by atoms with Gasteiger partial charge >= 0.3 is 0 Å². The molecule has 116 valence electrons. The number of hydrogen-bond acceptors (Lipinski definition) is 5.